The second-order valence-corrected chi connectivity index (χ2v) is 8.87. The van der Waals surface area contributed by atoms with Gasteiger partial charge in [-0.25, -0.2) is 4.39 Å². The van der Waals surface area contributed by atoms with Crippen molar-refractivity contribution in [3.63, 3.8) is 0 Å². The lowest BCUT2D eigenvalue weighted by Gasteiger charge is -2.30. The molecule has 0 heterocycles. The third kappa shape index (κ3) is 8.54. The highest BCUT2D eigenvalue weighted by molar-refractivity contribution is 7.99. The Bertz CT molecular complexity index is 830. The van der Waals surface area contributed by atoms with E-state index in [0.717, 1.165) is 23.3 Å². The number of hydrogen-bond donors (Lipinski definition) is 1. The van der Waals surface area contributed by atoms with Crippen molar-refractivity contribution in [2.75, 3.05) is 12.3 Å². The van der Waals surface area contributed by atoms with Gasteiger partial charge in [-0.05, 0) is 54.8 Å². The van der Waals surface area contributed by atoms with Crippen LogP contribution < -0.4 is 5.32 Å². The molecule has 1 N–H and O–H groups in total. The van der Waals surface area contributed by atoms with Crippen molar-refractivity contribution in [1.29, 1.82) is 0 Å². The summed E-state index contributed by atoms with van der Waals surface area (Å²) in [6.07, 6.45) is 2.69. The molecule has 0 aromatic heterocycles. The van der Waals surface area contributed by atoms with E-state index < -0.39 is 6.04 Å². The Kier molecular flexibility index (Phi) is 10.9. The summed E-state index contributed by atoms with van der Waals surface area (Å²) in [6.45, 7) is 4.82. The predicted octanol–water partition coefficient (Wildman–Crippen LogP) is 5.69. The number of nitrogens with one attached hydrogen (secondary N) is 1. The summed E-state index contributed by atoms with van der Waals surface area (Å²) in [5.41, 5.74) is 0.792. The third-order valence-corrected chi connectivity index (χ3v) is 6.15. The Balaban J connectivity index is 2.08. The molecule has 0 aliphatic rings. The summed E-state index contributed by atoms with van der Waals surface area (Å²) in [6, 6.07) is 13.0. The maximum absolute atomic E-state index is 13.3. The maximum Gasteiger partial charge on any atom is 0.242 e. The number of hydrogen-bond acceptors (Lipinski definition) is 3. The molecule has 0 radical (unpaired) electrons. The SMILES string of the molecule is CCCCNC(=O)[C@@H](CC)N(Cc1ccc(F)cc1)C(=O)CCSc1ccc(Cl)cc1. The van der Waals surface area contributed by atoms with Crippen LogP contribution in [0.1, 0.15) is 45.1 Å². The standard InChI is InChI=1S/C24H30ClFN2O2S/c1-3-5-15-27-24(30)22(4-2)28(17-18-6-10-20(26)11-7-18)23(29)14-16-31-21-12-8-19(25)9-13-21/h6-13,22H,3-5,14-17H2,1-2H3,(H,27,30)/t22-/m1/s1. The summed E-state index contributed by atoms with van der Waals surface area (Å²) in [5.74, 6) is 0.0271. The molecule has 168 valence electrons. The Morgan fingerprint density at radius 2 is 1.77 bits per heavy atom. The van der Waals surface area contributed by atoms with Crippen LogP contribution in [-0.4, -0.2) is 35.1 Å². The van der Waals surface area contributed by atoms with E-state index in [-0.39, 0.29) is 24.2 Å². The second kappa shape index (κ2) is 13.4. The highest BCUT2D eigenvalue weighted by Crippen LogP contribution is 2.22. The quantitative estimate of drug-likeness (QED) is 0.324. The van der Waals surface area contributed by atoms with E-state index in [1.54, 1.807) is 28.8 Å². The van der Waals surface area contributed by atoms with Gasteiger partial charge in [0, 0.05) is 35.2 Å². The Morgan fingerprint density at radius 1 is 1.10 bits per heavy atom. The molecule has 0 fully saturated rings. The van der Waals surface area contributed by atoms with Crippen LogP contribution in [0.15, 0.2) is 53.4 Å². The van der Waals surface area contributed by atoms with Crippen LogP contribution in [0.4, 0.5) is 4.39 Å². The molecule has 1 atom stereocenters. The van der Waals surface area contributed by atoms with Crippen molar-refractivity contribution >= 4 is 35.2 Å². The molecule has 31 heavy (non-hydrogen) atoms. The number of carbonyl (C=O) groups excluding carboxylic acids is 2. The first-order valence-corrected chi connectivity index (χ1v) is 12.0. The first kappa shape index (κ1) is 25.2. The number of amides is 2. The zero-order valence-corrected chi connectivity index (χ0v) is 19.6. The number of unbranched alkanes of at least 4 members (excludes halogenated alkanes) is 1. The number of benzene rings is 2. The van der Waals surface area contributed by atoms with Gasteiger partial charge in [0.1, 0.15) is 11.9 Å². The molecular weight excluding hydrogens is 435 g/mol. The summed E-state index contributed by atoms with van der Waals surface area (Å²) in [7, 11) is 0. The Morgan fingerprint density at radius 3 is 2.39 bits per heavy atom. The predicted molar refractivity (Wildman–Crippen MR) is 126 cm³/mol. The molecule has 2 amide bonds. The number of carbonyl (C=O) groups is 2. The van der Waals surface area contributed by atoms with E-state index in [9.17, 15) is 14.0 Å². The van der Waals surface area contributed by atoms with Crippen LogP contribution in [0.5, 0.6) is 0 Å². The first-order valence-electron chi connectivity index (χ1n) is 10.6. The van der Waals surface area contributed by atoms with Crippen molar-refractivity contribution in [1.82, 2.24) is 10.2 Å². The number of thioether (sulfide) groups is 1. The van der Waals surface area contributed by atoms with Gasteiger partial charge >= 0.3 is 0 Å². The topological polar surface area (TPSA) is 49.4 Å². The number of halogens is 2. The molecule has 2 aromatic carbocycles. The lowest BCUT2D eigenvalue weighted by molar-refractivity contribution is -0.141. The highest BCUT2D eigenvalue weighted by Gasteiger charge is 2.28. The van der Waals surface area contributed by atoms with Crippen molar-refractivity contribution in [3.8, 4) is 0 Å². The smallest absolute Gasteiger partial charge is 0.242 e. The first-order chi connectivity index (χ1) is 14.9. The van der Waals surface area contributed by atoms with Crippen LogP contribution >= 0.6 is 23.4 Å². The molecule has 0 unspecified atom stereocenters. The molecule has 0 aliphatic heterocycles. The van der Waals surface area contributed by atoms with E-state index in [4.69, 9.17) is 11.6 Å². The zero-order valence-electron chi connectivity index (χ0n) is 18.1. The van der Waals surface area contributed by atoms with Gasteiger partial charge in [0.25, 0.3) is 0 Å². The van der Waals surface area contributed by atoms with E-state index in [2.05, 4.69) is 12.2 Å². The fraction of sp³-hybridized carbons (Fsp3) is 0.417. The number of nitrogens with zero attached hydrogens (tertiary/aromatic N) is 1. The Hall–Kier alpha value is -2.05. The van der Waals surface area contributed by atoms with Gasteiger partial charge in [-0.2, -0.15) is 0 Å². The zero-order chi connectivity index (χ0) is 22.6. The van der Waals surface area contributed by atoms with Crippen LogP contribution in [0.3, 0.4) is 0 Å². The van der Waals surface area contributed by atoms with Crippen molar-refractivity contribution in [2.45, 2.75) is 57.0 Å². The molecule has 0 saturated heterocycles. The third-order valence-electron chi connectivity index (χ3n) is 4.88. The maximum atomic E-state index is 13.3. The van der Waals surface area contributed by atoms with Crippen LogP contribution in [0.25, 0.3) is 0 Å². The second-order valence-electron chi connectivity index (χ2n) is 7.27. The summed E-state index contributed by atoms with van der Waals surface area (Å²) in [4.78, 5) is 28.6. The average molecular weight is 465 g/mol. The van der Waals surface area contributed by atoms with Gasteiger partial charge in [0.05, 0.1) is 0 Å². The summed E-state index contributed by atoms with van der Waals surface area (Å²) < 4.78 is 13.3. The lowest BCUT2D eigenvalue weighted by atomic mass is 10.1. The van der Waals surface area contributed by atoms with E-state index >= 15 is 0 Å². The van der Waals surface area contributed by atoms with Crippen molar-refractivity contribution in [2.24, 2.45) is 0 Å². The molecule has 2 aromatic rings. The summed E-state index contributed by atoms with van der Waals surface area (Å²) in [5, 5.41) is 3.61. The van der Waals surface area contributed by atoms with E-state index in [1.165, 1.54) is 12.1 Å². The minimum absolute atomic E-state index is 0.0942. The van der Waals surface area contributed by atoms with Gasteiger partial charge in [0.2, 0.25) is 11.8 Å². The molecular formula is C24H30ClFN2O2S. The highest BCUT2D eigenvalue weighted by atomic mass is 35.5. The van der Waals surface area contributed by atoms with Crippen LogP contribution in [0.2, 0.25) is 5.02 Å². The van der Waals surface area contributed by atoms with E-state index in [0.29, 0.717) is 30.2 Å². The van der Waals surface area contributed by atoms with Gasteiger partial charge in [-0.3, -0.25) is 9.59 Å². The monoisotopic (exact) mass is 464 g/mol. The average Bonchev–Trinajstić information content (AvgIpc) is 2.76. The molecule has 0 spiro atoms. The molecule has 0 bridgehead atoms. The minimum Gasteiger partial charge on any atom is -0.354 e. The van der Waals surface area contributed by atoms with Gasteiger partial charge in [-0.15, -0.1) is 11.8 Å². The van der Waals surface area contributed by atoms with Crippen molar-refractivity contribution in [3.05, 3.63) is 64.9 Å². The Labute approximate surface area is 193 Å². The van der Waals surface area contributed by atoms with Crippen LogP contribution in [-0.2, 0) is 16.1 Å². The molecule has 2 rings (SSSR count). The van der Waals surface area contributed by atoms with Gasteiger partial charge in [0.15, 0.2) is 0 Å². The van der Waals surface area contributed by atoms with E-state index in [1.807, 2.05) is 31.2 Å². The molecule has 0 saturated carbocycles. The fourth-order valence-corrected chi connectivity index (χ4v) is 4.11. The largest absolute Gasteiger partial charge is 0.354 e. The van der Waals surface area contributed by atoms with Gasteiger partial charge < -0.3 is 10.2 Å². The molecule has 4 nitrogen and oxygen atoms in total. The number of rotatable bonds is 12. The van der Waals surface area contributed by atoms with Gasteiger partial charge in [-0.1, -0.05) is 44.0 Å². The normalized spacial score (nSPS) is 11.7. The fourth-order valence-electron chi connectivity index (χ4n) is 3.14. The molecule has 0 aliphatic carbocycles. The lowest BCUT2D eigenvalue weighted by Crippen LogP contribution is -2.49. The molecule has 7 heteroatoms. The van der Waals surface area contributed by atoms with Crippen molar-refractivity contribution < 1.29 is 14.0 Å². The van der Waals surface area contributed by atoms with Crippen LogP contribution in [0, 0.1) is 5.82 Å². The minimum atomic E-state index is -0.560. The summed E-state index contributed by atoms with van der Waals surface area (Å²) >= 11 is 7.49.